The van der Waals surface area contributed by atoms with Crippen molar-refractivity contribution in [3.8, 4) is 11.4 Å². The molecule has 2 nitrogen and oxygen atoms in total. The summed E-state index contributed by atoms with van der Waals surface area (Å²) in [4.78, 5) is 4.54. The Morgan fingerprint density at radius 2 is 1.86 bits per heavy atom. The van der Waals surface area contributed by atoms with E-state index >= 15 is 0 Å². The number of hydrogen-bond acceptors (Lipinski definition) is 2. The van der Waals surface area contributed by atoms with Crippen LogP contribution in [-0.4, -0.2) is 4.98 Å². The van der Waals surface area contributed by atoms with E-state index in [0.29, 0.717) is 0 Å². The van der Waals surface area contributed by atoms with Crippen LogP contribution < -0.4 is 4.57 Å². The van der Waals surface area contributed by atoms with Crippen LogP contribution in [-0.2, 0) is 7.05 Å². The third-order valence-corrected chi connectivity index (χ3v) is 5.02. The lowest BCUT2D eigenvalue weighted by molar-refractivity contribution is -0.663. The summed E-state index contributed by atoms with van der Waals surface area (Å²) >= 11 is 1.85. The maximum Gasteiger partial charge on any atom is 0.330 e. The van der Waals surface area contributed by atoms with E-state index in [1.54, 1.807) is 0 Å². The van der Waals surface area contributed by atoms with E-state index < -0.39 is 0 Å². The summed E-state index contributed by atoms with van der Waals surface area (Å²) in [6, 6.07) is 15.1. The molecule has 21 heavy (non-hydrogen) atoms. The summed E-state index contributed by atoms with van der Waals surface area (Å²) in [5.41, 5.74) is 2.47. The van der Waals surface area contributed by atoms with Crippen LogP contribution in [0.15, 0.2) is 54.9 Å². The minimum Gasteiger partial charge on any atom is -0.233 e. The summed E-state index contributed by atoms with van der Waals surface area (Å²) in [6.45, 7) is 2.16. The quantitative estimate of drug-likeness (QED) is 0.479. The van der Waals surface area contributed by atoms with E-state index in [2.05, 4.69) is 52.9 Å². The highest BCUT2D eigenvalue weighted by atomic mass is 32.1. The minimum atomic E-state index is 1.01. The SMILES string of the molecule is Cc1cc2c(cc1-c1nccc[n+]1C)sc1ccccc12. The Morgan fingerprint density at radius 1 is 1.00 bits per heavy atom. The first-order valence-electron chi connectivity index (χ1n) is 6.97. The molecular formula is C18H15N2S+. The van der Waals surface area contributed by atoms with Crippen LogP contribution in [0, 0.1) is 6.92 Å². The molecule has 0 radical (unpaired) electrons. The largest absolute Gasteiger partial charge is 0.330 e. The van der Waals surface area contributed by atoms with E-state index in [1.165, 1.54) is 31.3 Å². The molecule has 0 aliphatic heterocycles. The Hall–Kier alpha value is -2.26. The van der Waals surface area contributed by atoms with E-state index in [0.717, 1.165) is 5.82 Å². The van der Waals surface area contributed by atoms with E-state index in [4.69, 9.17) is 0 Å². The Labute approximate surface area is 127 Å². The number of thiophene rings is 1. The standard InChI is InChI=1S/C18H15N2S/c1-12-10-15-13-6-3-4-7-16(13)21-17(15)11-14(12)18-19-8-5-9-20(18)2/h3-11H,1-2H3/q+1. The number of nitrogens with zero attached hydrogens (tertiary/aromatic N) is 2. The molecule has 2 heterocycles. The van der Waals surface area contributed by atoms with Crippen LogP contribution >= 0.6 is 11.3 Å². The summed E-state index contributed by atoms with van der Waals surface area (Å²) < 4.78 is 4.73. The number of rotatable bonds is 1. The second-order valence-electron chi connectivity index (χ2n) is 5.32. The van der Waals surface area contributed by atoms with Gasteiger partial charge in [-0.3, -0.25) is 0 Å². The fraction of sp³-hybridized carbons (Fsp3) is 0.111. The van der Waals surface area contributed by atoms with Crippen molar-refractivity contribution in [1.82, 2.24) is 4.98 Å². The highest BCUT2D eigenvalue weighted by Gasteiger charge is 2.16. The first kappa shape index (κ1) is 12.5. The minimum absolute atomic E-state index is 1.01. The van der Waals surface area contributed by atoms with Gasteiger partial charge in [0.1, 0.15) is 6.20 Å². The first-order chi connectivity index (χ1) is 10.2. The number of hydrogen-bond donors (Lipinski definition) is 0. The van der Waals surface area contributed by atoms with Crippen molar-refractivity contribution in [3.63, 3.8) is 0 Å². The van der Waals surface area contributed by atoms with Crippen molar-refractivity contribution in [2.45, 2.75) is 6.92 Å². The zero-order valence-electron chi connectivity index (χ0n) is 12.0. The van der Waals surface area contributed by atoms with E-state index in [9.17, 15) is 0 Å². The first-order valence-corrected chi connectivity index (χ1v) is 7.78. The number of benzene rings is 2. The second kappa shape index (κ2) is 4.64. The molecule has 0 aliphatic rings. The number of fused-ring (bicyclic) bond motifs is 3. The molecule has 2 aromatic heterocycles. The Morgan fingerprint density at radius 3 is 2.71 bits per heavy atom. The molecular weight excluding hydrogens is 276 g/mol. The monoisotopic (exact) mass is 291 g/mol. The molecule has 2 aromatic carbocycles. The summed E-state index contributed by atoms with van der Waals surface area (Å²) in [6.07, 6.45) is 3.89. The van der Waals surface area contributed by atoms with Crippen molar-refractivity contribution in [3.05, 3.63) is 60.4 Å². The van der Waals surface area contributed by atoms with Crippen LogP contribution in [0.2, 0.25) is 0 Å². The molecule has 0 bridgehead atoms. The maximum absolute atomic E-state index is 4.54. The smallest absolute Gasteiger partial charge is 0.233 e. The van der Waals surface area contributed by atoms with Gasteiger partial charge >= 0.3 is 5.82 Å². The van der Waals surface area contributed by atoms with Crippen molar-refractivity contribution < 1.29 is 4.57 Å². The van der Waals surface area contributed by atoms with Crippen molar-refractivity contribution >= 4 is 31.5 Å². The molecule has 4 rings (SSSR count). The van der Waals surface area contributed by atoms with Crippen molar-refractivity contribution in [2.24, 2.45) is 7.05 Å². The zero-order valence-corrected chi connectivity index (χ0v) is 12.8. The molecule has 3 heteroatoms. The average Bonchev–Trinajstić information content (AvgIpc) is 2.85. The van der Waals surface area contributed by atoms with Gasteiger partial charge in [0.2, 0.25) is 0 Å². The topological polar surface area (TPSA) is 16.8 Å². The molecule has 0 fully saturated rings. The van der Waals surface area contributed by atoms with Gasteiger partial charge in [0.25, 0.3) is 0 Å². The fourth-order valence-electron chi connectivity index (χ4n) is 2.82. The van der Waals surface area contributed by atoms with Gasteiger partial charge in [-0.1, -0.05) is 18.2 Å². The van der Waals surface area contributed by atoms with Gasteiger partial charge in [0.05, 0.1) is 18.8 Å². The van der Waals surface area contributed by atoms with Crippen LogP contribution in [0.25, 0.3) is 31.6 Å². The molecule has 0 saturated heterocycles. The Bertz CT molecular complexity index is 969. The van der Waals surface area contributed by atoms with Crippen LogP contribution in [0.4, 0.5) is 0 Å². The predicted molar refractivity (Wildman–Crippen MR) is 88.5 cm³/mol. The molecule has 0 unspecified atom stereocenters. The fourth-order valence-corrected chi connectivity index (χ4v) is 3.95. The molecule has 0 N–H and O–H groups in total. The third kappa shape index (κ3) is 1.93. The molecule has 0 atom stereocenters. The second-order valence-corrected chi connectivity index (χ2v) is 6.40. The highest BCUT2D eigenvalue weighted by molar-refractivity contribution is 7.25. The third-order valence-electron chi connectivity index (χ3n) is 3.89. The summed E-state index contributed by atoms with van der Waals surface area (Å²) in [5, 5.41) is 2.69. The lowest BCUT2D eigenvalue weighted by atomic mass is 10.0. The molecule has 0 saturated carbocycles. The van der Waals surface area contributed by atoms with Gasteiger partial charge < -0.3 is 0 Å². The van der Waals surface area contributed by atoms with Crippen molar-refractivity contribution in [2.75, 3.05) is 0 Å². The van der Waals surface area contributed by atoms with Crippen LogP contribution in [0.1, 0.15) is 5.56 Å². The van der Waals surface area contributed by atoms with Crippen molar-refractivity contribution in [1.29, 1.82) is 0 Å². The Kier molecular flexibility index (Phi) is 2.76. The Balaban J connectivity index is 2.06. The zero-order chi connectivity index (χ0) is 14.4. The molecule has 0 aliphatic carbocycles. The highest BCUT2D eigenvalue weighted by Crippen LogP contribution is 2.36. The van der Waals surface area contributed by atoms with Gasteiger partial charge in [0, 0.05) is 26.2 Å². The van der Waals surface area contributed by atoms with Gasteiger partial charge in [-0.15, -0.1) is 11.3 Å². The summed E-state index contributed by atoms with van der Waals surface area (Å²) in [5.74, 6) is 1.01. The maximum atomic E-state index is 4.54. The lowest BCUT2D eigenvalue weighted by Gasteiger charge is -2.03. The van der Waals surface area contributed by atoms with Gasteiger partial charge in [-0.2, -0.15) is 0 Å². The average molecular weight is 291 g/mol. The van der Waals surface area contributed by atoms with Crippen LogP contribution in [0.3, 0.4) is 0 Å². The molecule has 0 amide bonds. The van der Waals surface area contributed by atoms with E-state index in [1.807, 2.05) is 36.8 Å². The van der Waals surface area contributed by atoms with Crippen LogP contribution in [0.5, 0.6) is 0 Å². The summed E-state index contributed by atoms with van der Waals surface area (Å²) in [7, 11) is 2.04. The number of aromatic nitrogens is 2. The molecule has 0 spiro atoms. The van der Waals surface area contributed by atoms with E-state index in [-0.39, 0.29) is 0 Å². The normalized spacial score (nSPS) is 11.3. The predicted octanol–water partition coefficient (Wildman–Crippen LogP) is 4.25. The lowest BCUT2D eigenvalue weighted by Crippen LogP contribution is -2.31. The van der Waals surface area contributed by atoms with Gasteiger partial charge in [-0.25, -0.2) is 4.57 Å². The number of aryl methyl sites for hydroxylation is 2. The van der Waals surface area contributed by atoms with Gasteiger partial charge in [0.15, 0.2) is 0 Å². The molecule has 4 aromatic rings. The van der Waals surface area contributed by atoms with Gasteiger partial charge in [-0.05, 0) is 35.7 Å². The molecule has 102 valence electrons.